The molecule has 0 bridgehead atoms. The van der Waals surface area contributed by atoms with Gasteiger partial charge in [-0.15, -0.1) is 0 Å². The maximum Gasteiger partial charge on any atom is 0.238 e. The molecule has 146 valence electrons. The molecule has 1 aromatic rings. The predicted molar refractivity (Wildman–Crippen MR) is 105 cm³/mol. The average Bonchev–Trinajstić information content (AvgIpc) is 2.83. The molecule has 0 radical (unpaired) electrons. The summed E-state index contributed by atoms with van der Waals surface area (Å²) >= 11 is 0. The molecule has 1 unspecified atom stereocenters. The van der Waals surface area contributed by atoms with E-state index in [-0.39, 0.29) is 5.91 Å². The first-order valence-electron chi connectivity index (χ1n) is 10.5. The van der Waals surface area contributed by atoms with E-state index in [0.29, 0.717) is 12.6 Å². The molecule has 0 aromatic carbocycles. The molecule has 1 N–H and O–H groups in total. The highest BCUT2D eigenvalue weighted by Gasteiger charge is 2.26. The molecule has 2 aliphatic heterocycles. The van der Waals surface area contributed by atoms with Crippen molar-refractivity contribution in [3.05, 3.63) is 11.9 Å². The summed E-state index contributed by atoms with van der Waals surface area (Å²) in [6.07, 6.45) is 11.0. The van der Waals surface area contributed by atoms with Gasteiger partial charge < -0.3 is 10.2 Å². The van der Waals surface area contributed by atoms with Gasteiger partial charge in [0, 0.05) is 25.3 Å². The van der Waals surface area contributed by atoms with Crippen molar-refractivity contribution in [1.82, 2.24) is 19.6 Å². The molecule has 0 spiro atoms. The number of rotatable bonds is 6. The number of anilines is 1. The summed E-state index contributed by atoms with van der Waals surface area (Å²) in [7, 11) is 0. The Kier molecular flexibility index (Phi) is 7.08. The van der Waals surface area contributed by atoms with Gasteiger partial charge in [-0.1, -0.05) is 19.3 Å². The number of carbonyl (C=O) groups excluding carboxylic acids is 1. The van der Waals surface area contributed by atoms with Crippen molar-refractivity contribution in [1.29, 1.82) is 0 Å². The Morgan fingerprint density at radius 1 is 1.15 bits per heavy atom. The Balaban J connectivity index is 1.55. The number of carbonyl (C=O) groups is 1. The zero-order valence-electron chi connectivity index (χ0n) is 16.5. The molecular weight excluding hydrogens is 326 g/mol. The van der Waals surface area contributed by atoms with E-state index in [1.807, 2.05) is 17.8 Å². The van der Waals surface area contributed by atoms with Crippen molar-refractivity contribution in [3.63, 3.8) is 0 Å². The molecule has 2 saturated heterocycles. The largest absolute Gasteiger partial charge is 0.322 e. The number of hydrogen-bond donors (Lipinski definition) is 1. The van der Waals surface area contributed by atoms with Gasteiger partial charge in [0.05, 0.1) is 17.9 Å². The highest BCUT2D eigenvalue weighted by atomic mass is 16.2. The van der Waals surface area contributed by atoms with Gasteiger partial charge in [-0.3, -0.25) is 14.4 Å². The summed E-state index contributed by atoms with van der Waals surface area (Å²) in [6, 6.07) is 0.520. The van der Waals surface area contributed by atoms with Crippen LogP contribution in [0, 0.1) is 6.92 Å². The minimum atomic E-state index is 0.0894. The third kappa shape index (κ3) is 5.30. The quantitative estimate of drug-likeness (QED) is 0.846. The lowest BCUT2D eigenvalue weighted by Gasteiger charge is -2.38. The summed E-state index contributed by atoms with van der Waals surface area (Å²) in [4.78, 5) is 17.7. The molecule has 3 heterocycles. The second-order valence-corrected chi connectivity index (χ2v) is 7.87. The fourth-order valence-corrected chi connectivity index (χ4v) is 4.27. The van der Waals surface area contributed by atoms with Crippen LogP contribution in [0.15, 0.2) is 6.20 Å². The number of hydrogen-bond acceptors (Lipinski definition) is 4. The fraction of sp³-hybridized carbons (Fsp3) is 0.800. The van der Waals surface area contributed by atoms with Gasteiger partial charge >= 0.3 is 0 Å². The van der Waals surface area contributed by atoms with E-state index in [0.717, 1.165) is 31.0 Å². The monoisotopic (exact) mass is 361 g/mol. The van der Waals surface area contributed by atoms with Crippen LogP contribution in [0.3, 0.4) is 0 Å². The van der Waals surface area contributed by atoms with Crippen LogP contribution in [-0.4, -0.2) is 64.3 Å². The van der Waals surface area contributed by atoms with Crippen molar-refractivity contribution in [2.24, 2.45) is 0 Å². The van der Waals surface area contributed by atoms with Crippen LogP contribution >= 0.6 is 0 Å². The van der Waals surface area contributed by atoms with Crippen molar-refractivity contribution in [3.8, 4) is 0 Å². The number of nitrogens with one attached hydrogen (secondary N) is 1. The fourth-order valence-electron chi connectivity index (χ4n) is 4.27. The Labute approximate surface area is 157 Å². The third-order valence-electron chi connectivity index (χ3n) is 5.81. The second-order valence-electron chi connectivity index (χ2n) is 7.87. The Hall–Kier alpha value is -1.40. The first kappa shape index (κ1) is 19.4. The summed E-state index contributed by atoms with van der Waals surface area (Å²) in [6.45, 7) is 9.94. The van der Waals surface area contributed by atoms with Crippen LogP contribution in [-0.2, 0) is 11.3 Å². The van der Waals surface area contributed by atoms with Crippen LogP contribution in [0.4, 0.5) is 5.69 Å². The highest BCUT2D eigenvalue weighted by Crippen LogP contribution is 2.20. The number of amides is 1. The number of aryl methyl sites for hydroxylation is 2. The lowest BCUT2D eigenvalue weighted by molar-refractivity contribution is -0.118. The standard InChI is InChI=1S/C20H35N5O/c1-3-25-15-19(17(2)22-25)21-20(26)16-24-13-9-6-10-18(24)14-23-11-7-4-5-8-12-23/h15,18H,3-14,16H2,1-2H3,(H,21,26). The van der Waals surface area contributed by atoms with Crippen molar-refractivity contribution in [2.45, 2.75) is 71.4 Å². The van der Waals surface area contributed by atoms with Crippen LogP contribution in [0.2, 0.25) is 0 Å². The molecule has 1 atom stereocenters. The molecule has 1 aromatic heterocycles. The lowest BCUT2D eigenvalue weighted by atomic mass is 10.0. The molecule has 6 heteroatoms. The lowest BCUT2D eigenvalue weighted by Crippen LogP contribution is -2.49. The molecule has 2 fully saturated rings. The van der Waals surface area contributed by atoms with Crippen molar-refractivity contribution >= 4 is 11.6 Å². The van der Waals surface area contributed by atoms with Gasteiger partial charge in [0.15, 0.2) is 0 Å². The second kappa shape index (κ2) is 9.51. The van der Waals surface area contributed by atoms with E-state index in [1.165, 1.54) is 58.0 Å². The molecule has 1 amide bonds. The minimum absolute atomic E-state index is 0.0894. The smallest absolute Gasteiger partial charge is 0.238 e. The number of likely N-dealkylation sites (tertiary alicyclic amines) is 2. The topological polar surface area (TPSA) is 53.4 Å². The molecule has 0 aliphatic carbocycles. The molecule has 0 saturated carbocycles. The van der Waals surface area contributed by atoms with E-state index in [2.05, 4.69) is 27.1 Å². The normalized spacial score (nSPS) is 22.9. The zero-order valence-corrected chi connectivity index (χ0v) is 16.5. The van der Waals surface area contributed by atoms with Crippen LogP contribution in [0.5, 0.6) is 0 Å². The third-order valence-corrected chi connectivity index (χ3v) is 5.81. The Morgan fingerprint density at radius 3 is 2.58 bits per heavy atom. The van der Waals surface area contributed by atoms with Gasteiger partial charge in [-0.25, -0.2) is 0 Å². The van der Waals surface area contributed by atoms with Crippen molar-refractivity contribution < 1.29 is 4.79 Å². The number of aromatic nitrogens is 2. The molecular formula is C20H35N5O. The molecule has 2 aliphatic rings. The Morgan fingerprint density at radius 2 is 1.88 bits per heavy atom. The number of piperidine rings is 1. The predicted octanol–water partition coefficient (Wildman–Crippen LogP) is 2.88. The SMILES string of the molecule is CCn1cc(NC(=O)CN2CCCCC2CN2CCCCCC2)c(C)n1. The van der Waals surface area contributed by atoms with Crippen LogP contribution in [0.1, 0.15) is 57.6 Å². The van der Waals surface area contributed by atoms with Gasteiger partial charge in [-0.05, 0) is 59.2 Å². The summed E-state index contributed by atoms with van der Waals surface area (Å²) < 4.78 is 1.87. The first-order valence-corrected chi connectivity index (χ1v) is 10.5. The van der Waals surface area contributed by atoms with Crippen LogP contribution in [0.25, 0.3) is 0 Å². The van der Waals surface area contributed by atoms with Gasteiger partial charge in [0.2, 0.25) is 5.91 Å². The van der Waals surface area contributed by atoms with E-state index >= 15 is 0 Å². The summed E-state index contributed by atoms with van der Waals surface area (Å²) in [5.41, 5.74) is 1.73. The zero-order chi connectivity index (χ0) is 18.4. The highest BCUT2D eigenvalue weighted by molar-refractivity contribution is 5.92. The Bertz CT molecular complexity index is 577. The van der Waals surface area contributed by atoms with E-state index in [9.17, 15) is 4.79 Å². The van der Waals surface area contributed by atoms with E-state index in [4.69, 9.17) is 0 Å². The molecule has 6 nitrogen and oxygen atoms in total. The maximum absolute atomic E-state index is 12.6. The van der Waals surface area contributed by atoms with E-state index < -0.39 is 0 Å². The average molecular weight is 362 g/mol. The molecule has 3 rings (SSSR count). The summed E-state index contributed by atoms with van der Waals surface area (Å²) in [5.74, 6) is 0.0894. The number of nitrogens with zero attached hydrogens (tertiary/aromatic N) is 4. The van der Waals surface area contributed by atoms with Gasteiger partial charge in [-0.2, -0.15) is 5.10 Å². The summed E-state index contributed by atoms with van der Waals surface area (Å²) in [5, 5.41) is 7.48. The maximum atomic E-state index is 12.6. The molecule has 26 heavy (non-hydrogen) atoms. The van der Waals surface area contributed by atoms with Gasteiger partial charge in [0.25, 0.3) is 0 Å². The van der Waals surface area contributed by atoms with Gasteiger partial charge in [0.1, 0.15) is 0 Å². The van der Waals surface area contributed by atoms with E-state index in [1.54, 1.807) is 0 Å². The first-order chi connectivity index (χ1) is 12.7. The minimum Gasteiger partial charge on any atom is -0.322 e. The van der Waals surface area contributed by atoms with Crippen molar-refractivity contribution in [2.75, 3.05) is 38.0 Å². The van der Waals surface area contributed by atoms with Crippen LogP contribution < -0.4 is 5.32 Å².